The van der Waals surface area contributed by atoms with Crippen molar-refractivity contribution in [3.8, 4) is 11.3 Å². The van der Waals surface area contributed by atoms with Gasteiger partial charge in [0.15, 0.2) is 0 Å². The monoisotopic (exact) mass is 378 g/mol. The molecule has 6 heteroatoms. The van der Waals surface area contributed by atoms with E-state index in [0.29, 0.717) is 18.7 Å². The van der Waals surface area contributed by atoms with Gasteiger partial charge in [-0.15, -0.1) is 0 Å². The number of benzene rings is 1. The largest absolute Gasteiger partial charge is 0.456 e. The molecule has 0 amide bonds. The van der Waals surface area contributed by atoms with Crippen LogP contribution < -0.4 is 5.32 Å². The predicted octanol–water partition coefficient (Wildman–Crippen LogP) is 3.73. The summed E-state index contributed by atoms with van der Waals surface area (Å²) in [4.78, 5) is 16.3. The highest BCUT2D eigenvalue weighted by molar-refractivity contribution is 5.89. The van der Waals surface area contributed by atoms with Crippen LogP contribution in [0.4, 0.5) is 0 Å². The van der Waals surface area contributed by atoms with Crippen molar-refractivity contribution in [2.24, 2.45) is 7.05 Å². The van der Waals surface area contributed by atoms with Crippen LogP contribution in [0.5, 0.6) is 0 Å². The second-order valence-corrected chi connectivity index (χ2v) is 7.72. The average Bonchev–Trinajstić information content (AvgIpc) is 3.02. The van der Waals surface area contributed by atoms with E-state index in [1.807, 2.05) is 69.2 Å². The number of aryl methyl sites for hydroxylation is 1. The Bertz CT molecular complexity index is 925. The summed E-state index contributed by atoms with van der Waals surface area (Å²) in [6, 6.07) is 11.4. The maximum Gasteiger partial charge on any atom is 0.338 e. The second kappa shape index (κ2) is 8.35. The summed E-state index contributed by atoms with van der Waals surface area (Å²) < 4.78 is 7.21. The van der Waals surface area contributed by atoms with Gasteiger partial charge in [0.25, 0.3) is 0 Å². The molecule has 1 N–H and O–H groups in total. The fourth-order valence-corrected chi connectivity index (χ4v) is 2.85. The van der Waals surface area contributed by atoms with Crippen LogP contribution in [-0.4, -0.2) is 26.3 Å². The summed E-state index contributed by atoms with van der Waals surface area (Å²) in [5.41, 5.74) is 4.21. The molecule has 3 aromatic rings. The Morgan fingerprint density at radius 1 is 1.14 bits per heavy atom. The van der Waals surface area contributed by atoms with Gasteiger partial charge in [-0.3, -0.25) is 9.67 Å². The molecule has 2 aromatic heterocycles. The van der Waals surface area contributed by atoms with Crippen molar-refractivity contribution in [2.45, 2.75) is 39.5 Å². The minimum atomic E-state index is -0.493. The lowest BCUT2D eigenvalue weighted by Crippen LogP contribution is -2.23. The average molecular weight is 378 g/mol. The molecule has 0 aliphatic rings. The summed E-state index contributed by atoms with van der Waals surface area (Å²) in [7, 11) is 1.92. The summed E-state index contributed by atoms with van der Waals surface area (Å²) in [6.45, 7) is 6.96. The Hall–Kier alpha value is -2.99. The van der Waals surface area contributed by atoms with Gasteiger partial charge in [0.2, 0.25) is 0 Å². The zero-order valence-corrected chi connectivity index (χ0v) is 16.8. The van der Waals surface area contributed by atoms with Gasteiger partial charge in [0.1, 0.15) is 5.60 Å². The molecular weight excluding hydrogens is 352 g/mol. The fourth-order valence-electron chi connectivity index (χ4n) is 2.85. The quantitative estimate of drug-likeness (QED) is 0.662. The Labute approximate surface area is 165 Å². The molecule has 0 fully saturated rings. The number of pyridine rings is 1. The molecular formula is C22H26N4O2. The lowest BCUT2D eigenvalue weighted by Gasteiger charge is -2.19. The van der Waals surface area contributed by atoms with Crippen molar-refractivity contribution < 1.29 is 9.53 Å². The number of rotatable bonds is 6. The molecule has 0 radical (unpaired) electrons. The highest BCUT2D eigenvalue weighted by atomic mass is 16.6. The molecule has 2 heterocycles. The van der Waals surface area contributed by atoms with E-state index in [-0.39, 0.29) is 5.97 Å². The SMILES string of the molecule is Cn1cc(CNCc2ccc(C(=O)OC(C)(C)C)cc2)c(-c2cccnc2)n1. The molecule has 0 aliphatic heterocycles. The molecule has 1 aromatic carbocycles. The molecule has 0 atom stereocenters. The van der Waals surface area contributed by atoms with Crippen LogP contribution in [0.25, 0.3) is 11.3 Å². The summed E-state index contributed by atoms with van der Waals surface area (Å²) in [5.74, 6) is -0.302. The molecule has 0 saturated heterocycles. The van der Waals surface area contributed by atoms with Gasteiger partial charge in [-0.05, 0) is 50.6 Å². The first kappa shape index (κ1) is 19.8. The number of aromatic nitrogens is 3. The van der Waals surface area contributed by atoms with Gasteiger partial charge in [-0.2, -0.15) is 5.10 Å². The lowest BCUT2D eigenvalue weighted by atomic mass is 10.1. The van der Waals surface area contributed by atoms with Crippen LogP contribution in [0, 0.1) is 0 Å². The van der Waals surface area contributed by atoms with Crippen molar-refractivity contribution in [3.63, 3.8) is 0 Å². The van der Waals surface area contributed by atoms with Gasteiger partial charge in [-0.1, -0.05) is 12.1 Å². The molecule has 0 unspecified atom stereocenters. The highest BCUT2D eigenvalue weighted by Crippen LogP contribution is 2.20. The van der Waals surface area contributed by atoms with Crippen molar-refractivity contribution in [3.05, 3.63) is 71.7 Å². The fraction of sp³-hybridized carbons (Fsp3) is 0.318. The Balaban J connectivity index is 1.60. The Morgan fingerprint density at radius 3 is 2.54 bits per heavy atom. The summed E-state index contributed by atoms with van der Waals surface area (Å²) in [5, 5.41) is 7.99. The molecule has 146 valence electrons. The number of carbonyl (C=O) groups is 1. The van der Waals surface area contributed by atoms with E-state index in [1.165, 1.54) is 0 Å². The number of esters is 1. The number of nitrogens with zero attached hydrogens (tertiary/aromatic N) is 3. The lowest BCUT2D eigenvalue weighted by molar-refractivity contribution is 0.00695. The molecule has 28 heavy (non-hydrogen) atoms. The molecule has 6 nitrogen and oxygen atoms in total. The van der Waals surface area contributed by atoms with E-state index in [4.69, 9.17) is 4.74 Å². The molecule has 0 aliphatic carbocycles. The molecule has 0 spiro atoms. The van der Waals surface area contributed by atoms with Crippen molar-refractivity contribution in [1.29, 1.82) is 0 Å². The van der Waals surface area contributed by atoms with Crippen LogP contribution in [0.2, 0.25) is 0 Å². The number of hydrogen-bond donors (Lipinski definition) is 1. The van der Waals surface area contributed by atoms with Crippen LogP contribution in [0.3, 0.4) is 0 Å². The Kier molecular flexibility index (Phi) is 5.90. The van der Waals surface area contributed by atoms with Crippen molar-refractivity contribution in [1.82, 2.24) is 20.1 Å². The third-order valence-corrected chi connectivity index (χ3v) is 4.07. The third kappa shape index (κ3) is 5.27. The van der Waals surface area contributed by atoms with Gasteiger partial charge < -0.3 is 10.1 Å². The minimum absolute atomic E-state index is 0.302. The highest BCUT2D eigenvalue weighted by Gasteiger charge is 2.17. The molecule has 0 saturated carbocycles. The Morgan fingerprint density at radius 2 is 1.89 bits per heavy atom. The first-order chi connectivity index (χ1) is 13.3. The number of nitrogens with one attached hydrogen (secondary N) is 1. The van der Waals surface area contributed by atoms with E-state index in [1.54, 1.807) is 18.3 Å². The van der Waals surface area contributed by atoms with Gasteiger partial charge >= 0.3 is 5.97 Å². The summed E-state index contributed by atoms with van der Waals surface area (Å²) in [6.07, 6.45) is 5.59. The third-order valence-electron chi connectivity index (χ3n) is 4.07. The van der Waals surface area contributed by atoms with Crippen LogP contribution in [0.15, 0.2) is 55.0 Å². The zero-order valence-electron chi connectivity index (χ0n) is 16.8. The van der Waals surface area contributed by atoms with Gasteiger partial charge in [0.05, 0.1) is 11.3 Å². The van der Waals surface area contributed by atoms with Crippen LogP contribution in [0.1, 0.15) is 42.3 Å². The summed E-state index contributed by atoms with van der Waals surface area (Å²) >= 11 is 0. The van der Waals surface area contributed by atoms with Crippen LogP contribution in [-0.2, 0) is 24.9 Å². The van der Waals surface area contributed by atoms with E-state index in [9.17, 15) is 4.79 Å². The van der Waals surface area contributed by atoms with E-state index >= 15 is 0 Å². The molecule has 3 rings (SSSR count). The molecule has 0 bridgehead atoms. The first-order valence-electron chi connectivity index (χ1n) is 9.28. The maximum absolute atomic E-state index is 12.1. The van der Waals surface area contributed by atoms with E-state index in [0.717, 1.165) is 22.4 Å². The topological polar surface area (TPSA) is 69.0 Å². The zero-order chi connectivity index (χ0) is 20.1. The predicted molar refractivity (Wildman–Crippen MR) is 109 cm³/mol. The first-order valence-corrected chi connectivity index (χ1v) is 9.28. The van der Waals surface area contributed by atoms with Crippen LogP contribution >= 0.6 is 0 Å². The number of ether oxygens (including phenoxy) is 1. The van der Waals surface area contributed by atoms with Crippen molar-refractivity contribution in [2.75, 3.05) is 0 Å². The minimum Gasteiger partial charge on any atom is -0.456 e. The number of carbonyl (C=O) groups excluding carboxylic acids is 1. The normalized spacial score (nSPS) is 11.4. The van der Waals surface area contributed by atoms with Crippen molar-refractivity contribution >= 4 is 5.97 Å². The van der Waals surface area contributed by atoms with E-state index < -0.39 is 5.60 Å². The van der Waals surface area contributed by atoms with Gasteiger partial charge in [0, 0.05) is 49.9 Å². The van der Waals surface area contributed by atoms with Gasteiger partial charge in [-0.25, -0.2) is 4.79 Å². The maximum atomic E-state index is 12.1. The smallest absolute Gasteiger partial charge is 0.338 e. The van der Waals surface area contributed by atoms with E-state index in [2.05, 4.69) is 15.4 Å². The second-order valence-electron chi connectivity index (χ2n) is 7.72. The number of hydrogen-bond acceptors (Lipinski definition) is 5. The standard InChI is InChI=1S/C22H26N4O2/c1-22(2,3)28-21(27)17-9-7-16(8-10-17)12-24-14-19-15-26(4)25-20(19)18-6-5-11-23-13-18/h5-11,13,15,24H,12,14H2,1-4H3.